The van der Waals surface area contributed by atoms with Crippen molar-refractivity contribution < 1.29 is 13.9 Å². The Bertz CT molecular complexity index is 1100. The quantitative estimate of drug-likeness (QED) is 0.331. The van der Waals surface area contributed by atoms with Crippen molar-refractivity contribution >= 4 is 17.5 Å². The van der Waals surface area contributed by atoms with Crippen LogP contribution in [0.2, 0.25) is 0 Å². The maximum atomic E-state index is 12.5. The number of ether oxygens (including phenoxy) is 1. The van der Waals surface area contributed by atoms with Crippen LogP contribution in [-0.4, -0.2) is 18.9 Å². The summed E-state index contributed by atoms with van der Waals surface area (Å²) in [5.74, 6) is 2.24. The van der Waals surface area contributed by atoms with Crippen LogP contribution in [0, 0.1) is 0 Å². The monoisotopic (exact) mass is 427 g/mol. The summed E-state index contributed by atoms with van der Waals surface area (Å²) in [4.78, 5) is 14.9. The molecule has 0 N–H and O–H groups in total. The molecule has 3 aromatic rings. The third-order valence-electron chi connectivity index (χ3n) is 6.41. The number of carbonyl (C=O) groups is 1. The molecule has 2 aliphatic rings. The summed E-state index contributed by atoms with van der Waals surface area (Å²) in [6.07, 6.45) is 10.6. The molecule has 0 atom stereocenters. The third kappa shape index (κ3) is 4.80. The number of ketones is 1. The molecule has 2 aromatic carbocycles. The van der Waals surface area contributed by atoms with Crippen LogP contribution in [-0.2, 0) is 19.4 Å². The number of furan rings is 1. The summed E-state index contributed by atoms with van der Waals surface area (Å²) in [6, 6.07) is 18.0. The molecule has 5 rings (SSSR count). The lowest BCUT2D eigenvalue weighted by Gasteiger charge is -2.28. The number of benzene rings is 2. The van der Waals surface area contributed by atoms with Crippen molar-refractivity contribution in [2.75, 3.05) is 18.0 Å². The number of aryl methyl sites for hydroxylation is 2. The fraction of sp³-hybridized carbons (Fsp3) is 0.321. The minimum Gasteiger partial charge on any atom is -0.486 e. The van der Waals surface area contributed by atoms with Gasteiger partial charge >= 0.3 is 0 Å². The summed E-state index contributed by atoms with van der Waals surface area (Å²) >= 11 is 0. The van der Waals surface area contributed by atoms with Gasteiger partial charge in [-0.1, -0.05) is 6.07 Å². The summed E-state index contributed by atoms with van der Waals surface area (Å²) in [5.41, 5.74) is 4.72. The van der Waals surface area contributed by atoms with Crippen LogP contribution < -0.4 is 9.64 Å². The average molecular weight is 428 g/mol. The van der Waals surface area contributed by atoms with Gasteiger partial charge in [0.05, 0.1) is 0 Å². The fourth-order valence-electron chi connectivity index (χ4n) is 4.60. The third-order valence-corrected chi connectivity index (χ3v) is 6.41. The predicted octanol–water partition coefficient (Wildman–Crippen LogP) is 6.23. The highest BCUT2D eigenvalue weighted by atomic mass is 16.5. The van der Waals surface area contributed by atoms with E-state index in [-0.39, 0.29) is 5.78 Å². The maximum absolute atomic E-state index is 12.5. The number of carbonyl (C=O) groups excluding carboxylic acids is 1. The molecule has 1 saturated heterocycles. The molecule has 0 amide bonds. The molecule has 0 radical (unpaired) electrons. The average Bonchev–Trinajstić information content (AvgIpc) is 3.51. The molecule has 0 saturated carbocycles. The van der Waals surface area contributed by atoms with Gasteiger partial charge in [-0.05, 0) is 110 Å². The molecule has 1 aromatic heterocycles. The lowest BCUT2D eigenvalue weighted by Crippen LogP contribution is -2.29. The van der Waals surface area contributed by atoms with E-state index in [1.807, 2.05) is 42.5 Å². The van der Waals surface area contributed by atoms with E-state index < -0.39 is 0 Å². The van der Waals surface area contributed by atoms with Crippen molar-refractivity contribution in [3.8, 4) is 5.75 Å². The lowest BCUT2D eigenvalue weighted by atomic mass is 10.1. The number of piperidine rings is 1. The summed E-state index contributed by atoms with van der Waals surface area (Å²) in [7, 11) is 0. The first-order valence-corrected chi connectivity index (χ1v) is 11.7. The van der Waals surface area contributed by atoms with Crippen LogP contribution in [0.25, 0.3) is 6.08 Å². The normalized spacial score (nSPS) is 15.8. The number of nitrogens with zero attached hydrogens (tertiary/aromatic N) is 1. The van der Waals surface area contributed by atoms with Gasteiger partial charge in [-0.15, -0.1) is 0 Å². The Hall–Kier alpha value is -3.27. The number of fused-ring (bicyclic) bond motifs is 1. The van der Waals surface area contributed by atoms with Crippen LogP contribution in [0.5, 0.6) is 5.75 Å². The van der Waals surface area contributed by atoms with E-state index in [0.717, 1.165) is 31.0 Å². The number of hydrogen-bond acceptors (Lipinski definition) is 4. The number of hydrogen-bond donors (Lipinski definition) is 0. The van der Waals surface area contributed by atoms with Gasteiger partial charge in [0.2, 0.25) is 0 Å². The van der Waals surface area contributed by atoms with Gasteiger partial charge in [0, 0.05) is 24.3 Å². The Morgan fingerprint density at radius 2 is 1.72 bits per heavy atom. The molecule has 164 valence electrons. The molecule has 4 heteroatoms. The minimum absolute atomic E-state index is 0.0254. The molecule has 1 fully saturated rings. The van der Waals surface area contributed by atoms with Gasteiger partial charge in [-0.25, -0.2) is 0 Å². The molecule has 0 bridgehead atoms. The predicted molar refractivity (Wildman–Crippen MR) is 127 cm³/mol. The SMILES string of the molecule is O=C(/C=C/c1ccc(COc2ccc3c(c2)CCC3)o1)c1ccc(N2CCCCC2)cc1. The van der Waals surface area contributed by atoms with Crippen molar-refractivity contribution in [2.24, 2.45) is 0 Å². The highest BCUT2D eigenvalue weighted by Gasteiger charge is 2.13. The molecule has 4 nitrogen and oxygen atoms in total. The van der Waals surface area contributed by atoms with Gasteiger partial charge in [0.1, 0.15) is 23.9 Å². The molecular formula is C28H29NO3. The largest absolute Gasteiger partial charge is 0.486 e. The van der Waals surface area contributed by atoms with Gasteiger partial charge in [0.25, 0.3) is 0 Å². The molecular weight excluding hydrogens is 398 g/mol. The van der Waals surface area contributed by atoms with Crippen molar-refractivity contribution in [3.05, 3.63) is 88.9 Å². The number of rotatable bonds is 7. The van der Waals surface area contributed by atoms with E-state index in [0.29, 0.717) is 17.9 Å². The zero-order chi connectivity index (χ0) is 21.8. The van der Waals surface area contributed by atoms with Crippen molar-refractivity contribution in [1.82, 2.24) is 0 Å². The lowest BCUT2D eigenvalue weighted by molar-refractivity contribution is 0.104. The van der Waals surface area contributed by atoms with Crippen molar-refractivity contribution in [2.45, 2.75) is 45.1 Å². The first-order valence-electron chi connectivity index (χ1n) is 11.7. The van der Waals surface area contributed by atoms with E-state index in [1.165, 1.54) is 48.9 Å². The second-order valence-electron chi connectivity index (χ2n) is 8.67. The fourth-order valence-corrected chi connectivity index (χ4v) is 4.60. The van der Waals surface area contributed by atoms with E-state index in [1.54, 1.807) is 12.2 Å². The molecule has 2 heterocycles. The Labute approximate surface area is 189 Å². The van der Waals surface area contributed by atoms with Crippen LogP contribution in [0.3, 0.4) is 0 Å². The topological polar surface area (TPSA) is 42.7 Å². The summed E-state index contributed by atoms with van der Waals surface area (Å²) < 4.78 is 11.7. The zero-order valence-corrected chi connectivity index (χ0v) is 18.4. The Kier molecular flexibility index (Phi) is 6.11. The minimum atomic E-state index is -0.0254. The van der Waals surface area contributed by atoms with E-state index in [9.17, 15) is 4.79 Å². The zero-order valence-electron chi connectivity index (χ0n) is 18.4. The first-order chi connectivity index (χ1) is 15.7. The van der Waals surface area contributed by atoms with Crippen LogP contribution in [0.1, 0.15) is 58.7 Å². The summed E-state index contributed by atoms with van der Waals surface area (Å²) in [5, 5.41) is 0. The molecule has 32 heavy (non-hydrogen) atoms. The van der Waals surface area contributed by atoms with Crippen molar-refractivity contribution in [3.63, 3.8) is 0 Å². The van der Waals surface area contributed by atoms with Crippen LogP contribution >= 0.6 is 0 Å². The second-order valence-corrected chi connectivity index (χ2v) is 8.67. The van der Waals surface area contributed by atoms with Crippen LogP contribution in [0.15, 0.2) is 65.1 Å². The Balaban J connectivity index is 1.16. The molecule has 1 aliphatic heterocycles. The van der Waals surface area contributed by atoms with Gasteiger partial charge in [0.15, 0.2) is 5.78 Å². The molecule has 0 spiro atoms. The Morgan fingerprint density at radius 1 is 0.906 bits per heavy atom. The van der Waals surface area contributed by atoms with Gasteiger partial charge in [-0.3, -0.25) is 4.79 Å². The van der Waals surface area contributed by atoms with Crippen LogP contribution in [0.4, 0.5) is 5.69 Å². The first kappa shape index (κ1) is 20.6. The highest BCUT2D eigenvalue weighted by Crippen LogP contribution is 2.27. The Morgan fingerprint density at radius 3 is 2.56 bits per heavy atom. The molecule has 0 unspecified atom stereocenters. The number of allylic oxidation sites excluding steroid dienone is 1. The number of anilines is 1. The van der Waals surface area contributed by atoms with E-state index in [2.05, 4.69) is 17.0 Å². The highest BCUT2D eigenvalue weighted by molar-refractivity contribution is 6.06. The maximum Gasteiger partial charge on any atom is 0.185 e. The standard InChI is InChI=1S/C28H29NO3/c30-28(22-7-10-24(11-8-22)29-17-2-1-3-18-29)16-15-25-13-14-27(32-25)20-31-26-12-9-21-5-4-6-23(21)19-26/h7-16,19H,1-6,17-18,20H2/b16-15+. The molecule has 1 aliphatic carbocycles. The van der Waals surface area contributed by atoms with E-state index >= 15 is 0 Å². The van der Waals surface area contributed by atoms with E-state index in [4.69, 9.17) is 9.15 Å². The van der Waals surface area contributed by atoms with Gasteiger partial charge in [-0.2, -0.15) is 0 Å². The second kappa shape index (κ2) is 9.47. The smallest absolute Gasteiger partial charge is 0.185 e. The summed E-state index contributed by atoms with van der Waals surface area (Å²) in [6.45, 7) is 2.58. The van der Waals surface area contributed by atoms with Crippen molar-refractivity contribution in [1.29, 1.82) is 0 Å². The van der Waals surface area contributed by atoms with Gasteiger partial charge < -0.3 is 14.1 Å².